The summed E-state index contributed by atoms with van der Waals surface area (Å²) in [6, 6.07) is 16.5. The fourth-order valence-electron chi connectivity index (χ4n) is 4.50. The van der Waals surface area contributed by atoms with E-state index in [9.17, 15) is 23.3 Å². The monoisotopic (exact) mass is 584 g/mol. The van der Waals surface area contributed by atoms with Gasteiger partial charge in [-0.15, -0.1) is 0 Å². The predicted octanol–water partition coefficient (Wildman–Crippen LogP) is 5.77. The minimum absolute atomic E-state index is 0.0198. The van der Waals surface area contributed by atoms with E-state index in [1.165, 1.54) is 43.0 Å². The third kappa shape index (κ3) is 6.15. The third-order valence-corrected chi connectivity index (χ3v) is 9.07. The van der Waals surface area contributed by atoms with E-state index in [0.717, 1.165) is 10.5 Å². The highest BCUT2D eigenvalue weighted by molar-refractivity contribution is 7.99. The maximum atomic E-state index is 12.4. The Morgan fingerprint density at radius 1 is 1.00 bits per heavy atom. The summed E-state index contributed by atoms with van der Waals surface area (Å²) >= 11 is 1.36. The molecule has 1 saturated carbocycles. The minimum Gasteiger partial charge on any atom is -0.490 e. The quantitative estimate of drug-likeness (QED) is 0.126. The summed E-state index contributed by atoms with van der Waals surface area (Å²) in [7, 11) is -3.78. The van der Waals surface area contributed by atoms with Gasteiger partial charge in [0.1, 0.15) is 11.9 Å². The molecule has 0 saturated heterocycles. The number of ether oxygens (including phenoxy) is 2. The number of aryl methyl sites for hydroxylation is 1. The number of anilines is 2. The molecule has 5 rings (SSSR count). The van der Waals surface area contributed by atoms with Crippen LogP contribution in [-0.2, 0) is 23.8 Å². The SMILES string of the molecule is CC(=O)N1c2ccc(OC3CC(OCCCOS(=O)(=O)c4ccc(C)cc4)C3)cc2Sc2cc([N+](=O)[O-])ccc21. The zero-order valence-corrected chi connectivity index (χ0v) is 23.6. The molecule has 1 aliphatic carbocycles. The molecule has 3 aromatic rings. The van der Waals surface area contributed by atoms with Crippen LogP contribution in [0.2, 0.25) is 0 Å². The van der Waals surface area contributed by atoms with Crippen molar-refractivity contribution >= 4 is 44.8 Å². The van der Waals surface area contributed by atoms with Crippen LogP contribution in [0, 0.1) is 17.0 Å². The zero-order valence-electron chi connectivity index (χ0n) is 21.9. The van der Waals surface area contributed by atoms with E-state index >= 15 is 0 Å². The van der Waals surface area contributed by atoms with Gasteiger partial charge in [0, 0.05) is 48.3 Å². The van der Waals surface area contributed by atoms with Crippen molar-refractivity contribution in [2.75, 3.05) is 18.1 Å². The molecule has 1 amide bonds. The number of rotatable bonds is 10. The van der Waals surface area contributed by atoms with Crippen LogP contribution >= 0.6 is 11.8 Å². The normalized spacial score (nSPS) is 17.9. The highest BCUT2D eigenvalue weighted by Gasteiger charge is 2.33. The van der Waals surface area contributed by atoms with Crippen molar-refractivity contribution in [3.05, 3.63) is 76.3 Å². The summed E-state index contributed by atoms with van der Waals surface area (Å²) in [6.45, 7) is 3.76. The molecule has 0 aromatic heterocycles. The van der Waals surface area contributed by atoms with Crippen molar-refractivity contribution in [2.45, 2.75) is 60.0 Å². The fraction of sp³-hybridized carbons (Fsp3) is 0.321. The van der Waals surface area contributed by atoms with Crippen LogP contribution in [0.4, 0.5) is 17.1 Å². The van der Waals surface area contributed by atoms with Crippen LogP contribution in [0.5, 0.6) is 5.75 Å². The number of benzene rings is 3. The van der Waals surface area contributed by atoms with E-state index in [4.69, 9.17) is 13.7 Å². The summed E-state index contributed by atoms with van der Waals surface area (Å²) in [6.07, 6.45) is 1.82. The van der Waals surface area contributed by atoms with Crippen LogP contribution in [0.15, 0.2) is 75.4 Å². The van der Waals surface area contributed by atoms with Gasteiger partial charge in [0.15, 0.2) is 0 Å². The molecule has 10 nitrogen and oxygen atoms in total. The van der Waals surface area contributed by atoms with Gasteiger partial charge in [-0.1, -0.05) is 29.5 Å². The fourth-order valence-corrected chi connectivity index (χ4v) is 6.56. The number of nitro benzene ring substituents is 1. The van der Waals surface area contributed by atoms with Crippen LogP contribution in [-0.4, -0.2) is 44.7 Å². The number of carbonyl (C=O) groups is 1. The van der Waals surface area contributed by atoms with Crippen molar-refractivity contribution < 1.29 is 31.8 Å². The van der Waals surface area contributed by atoms with Crippen LogP contribution in [0.1, 0.15) is 31.7 Å². The number of fused-ring (bicyclic) bond motifs is 2. The number of hydrogen-bond acceptors (Lipinski definition) is 9. The number of carbonyl (C=O) groups excluding carboxylic acids is 1. The number of amides is 1. The van der Waals surface area contributed by atoms with Gasteiger partial charge in [-0.05, 0) is 49.7 Å². The van der Waals surface area contributed by atoms with Gasteiger partial charge in [0.2, 0.25) is 5.91 Å². The lowest BCUT2D eigenvalue weighted by molar-refractivity contribution is -0.385. The molecule has 1 fully saturated rings. The van der Waals surface area contributed by atoms with Gasteiger partial charge in [0.05, 0.1) is 33.9 Å². The van der Waals surface area contributed by atoms with E-state index in [1.807, 2.05) is 25.1 Å². The molecular weight excluding hydrogens is 556 g/mol. The van der Waals surface area contributed by atoms with Crippen LogP contribution < -0.4 is 9.64 Å². The molecule has 0 spiro atoms. The molecule has 0 bridgehead atoms. The van der Waals surface area contributed by atoms with Crippen molar-refractivity contribution in [2.24, 2.45) is 0 Å². The molecule has 0 atom stereocenters. The second-order valence-corrected chi connectivity index (χ2v) is 12.3. The number of nitro groups is 1. The molecule has 0 radical (unpaired) electrons. The Morgan fingerprint density at radius 2 is 1.68 bits per heavy atom. The molecule has 210 valence electrons. The Balaban J connectivity index is 1.10. The van der Waals surface area contributed by atoms with Gasteiger partial charge >= 0.3 is 0 Å². The van der Waals surface area contributed by atoms with E-state index < -0.39 is 15.0 Å². The number of nitrogens with zero attached hydrogens (tertiary/aromatic N) is 2. The zero-order chi connectivity index (χ0) is 28.4. The van der Waals surface area contributed by atoms with Crippen molar-refractivity contribution in [3.8, 4) is 5.75 Å². The van der Waals surface area contributed by atoms with E-state index in [0.29, 0.717) is 47.9 Å². The Bertz CT molecular complexity index is 1540. The first kappa shape index (κ1) is 28.1. The minimum atomic E-state index is -3.78. The van der Waals surface area contributed by atoms with E-state index in [2.05, 4.69) is 0 Å². The van der Waals surface area contributed by atoms with Gasteiger partial charge in [-0.25, -0.2) is 0 Å². The first-order valence-electron chi connectivity index (χ1n) is 12.8. The lowest BCUT2D eigenvalue weighted by atomic mass is 9.92. The van der Waals surface area contributed by atoms with Crippen molar-refractivity contribution in [3.63, 3.8) is 0 Å². The summed E-state index contributed by atoms with van der Waals surface area (Å²) in [4.78, 5) is 26.3. The van der Waals surface area contributed by atoms with Crippen LogP contribution in [0.3, 0.4) is 0 Å². The van der Waals surface area contributed by atoms with Crippen molar-refractivity contribution in [1.29, 1.82) is 0 Å². The molecule has 3 aromatic carbocycles. The maximum Gasteiger partial charge on any atom is 0.296 e. The maximum absolute atomic E-state index is 12.4. The third-order valence-electron chi connectivity index (χ3n) is 6.65. The highest BCUT2D eigenvalue weighted by atomic mass is 32.2. The molecule has 2 aliphatic rings. The van der Waals surface area contributed by atoms with E-state index in [-0.39, 0.29) is 35.3 Å². The predicted molar refractivity (Wildman–Crippen MR) is 149 cm³/mol. The van der Waals surface area contributed by atoms with E-state index in [1.54, 1.807) is 23.1 Å². The first-order valence-corrected chi connectivity index (χ1v) is 15.0. The standard InChI is InChI=1S/C28H28N2O8S2/c1-18-4-8-24(9-5-18)40(34,35)37-13-3-12-36-22-15-23(16-22)38-21-7-11-26-28(17-21)39-27-14-20(30(32)33)6-10-25(27)29(26)19(2)31/h4-11,14,17,22-23H,3,12-13,15-16H2,1-2H3. The average molecular weight is 585 g/mol. The first-order chi connectivity index (χ1) is 19.1. The highest BCUT2D eigenvalue weighted by Crippen LogP contribution is 2.50. The lowest BCUT2D eigenvalue weighted by Gasteiger charge is -2.35. The Labute approximate surface area is 236 Å². The topological polar surface area (TPSA) is 125 Å². The molecular formula is C28H28N2O8S2. The largest absolute Gasteiger partial charge is 0.490 e. The second kappa shape index (κ2) is 11.6. The summed E-state index contributed by atoms with van der Waals surface area (Å²) in [5, 5.41) is 11.2. The molecule has 1 aliphatic heterocycles. The van der Waals surface area contributed by atoms with Gasteiger partial charge in [-0.3, -0.25) is 24.0 Å². The van der Waals surface area contributed by atoms with Crippen LogP contribution in [0.25, 0.3) is 0 Å². The Kier molecular flexibility index (Phi) is 8.13. The summed E-state index contributed by atoms with van der Waals surface area (Å²) in [5.74, 6) is 0.448. The molecule has 12 heteroatoms. The number of hydrogen-bond donors (Lipinski definition) is 0. The Morgan fingerprint density at radius 3 is 2.35 bits per heavy atom. The van der Waals surface area contributed by atoms with Crippen molar-refractivity contribution in [1.82, 2.24) is 0 Å². The molecule has 0 N–H and O–H groups in total. The Hall–Kier alpha value is -3.45. The van der Waals surface area contributed by atoms with Gasteiger partial charge < -0.3 is 9.47 Å². The summed E-state index contributed by atoms with van der Waals surface area (Å²) < 4.78 is 41.5. The van der Waals surface area contributed by atoms with Gasteiger partial charge in [0.25, 0.3) is 15.8 Å². The smallest absolute Gasteiger partial charge is 0.296 e. The lowest BCUT2D eigenvalue weighted by Crippen LogP contribution is -2.39. The molecule has 1 heterocycles. The molecule has 0 unspecified atom stereocenters. The average Bonchev–Trinajstić information content (AvgIpc) is 2.89. The number of non-ortho nitro benzene ring substituents is 1. The van der Waals surface area contributed by atoms with Gasteiger partial charge in [-0.2, -0.15) is 8.42 Å². The summed E-state index contributed by atoms with van der Waals surface area (Å²) in [5.41, 5.74) is 2.25. The second-order valence-electron chi connectivity index (χ2n) is 9.64. The molecule has 40 heavy (non-hydrogen) atoms.